The second kappa shape index (κ2) is 9.42. The number of carbonyl (C=O) groups excluding carboxylic acids is 2. The van der Waals surface area contributed by atoms with E-state index in [1.54, 1.807) is 13.0 Å². The topological polar surface area (TPSA) is 86.8 Å². The molecule has 0 radical (unpaired) electrons. The third kappa shape index (κ3) is 5.38. The molecule has 1 fully saturated rings. The van der Waals surface area contributed by atoms with Crippen molar-refractivity contribution in [2.45, 2.75) is 13.3 Å². The predicted molar refractivity (Wildman–Crippen MR) is 112 cm³/mol. The minimum absolute atomic E-state index is 0.0227. The molecule has 0 aromatic heterocycles. The first kappa shape index (κ1) is 22.7. The highest BCUT2D eigenvalue weighted by Gasteiger charge is 2.27. The molecule has 2 amide bonds. The van der Waals surface area contributed by atoms with Gasteiger partial charge in [0.1, 0.15) is 11.6 Å². The summed E-state index contributed by atoms with van der Waals surface area (Å²) in [5.74, 6) is -2.46. The summed E-state index contributed by atoms with van der Waals surface area (Å²) in [6, 6.07) is 9.27. The molecule has 3 rings (SSSR count). The van der Waals surface area contributed by atoms with Gasteiger partial charge in [-0.1, -0.05) is 19.1 Å². The fourth-order valence-electron chi connectivity index (χ4n) is 3.32. The van der Waals surface area contributed by atoms with E-state index in [0.29, 0.717) is 6.42 Å². The molecule has 2 aromatic carbocycles. The molecule has 166 valence electrons. The van der Waals surface area contributed by atoms with E-state index in [-0.39, 0.29) is 48.7 Å². The van der Waals surface area contributed by atoms with Crippen molar-refractivity contribution in [2.24, 2.45) is 0 Å². The Hall–Kier alpha value is -3.01. The molecule has 0 atom stereocenters. The number of anilines is 1. The lowest BCUT2D eigenvalue weighted by molar-refractivity contribution is 0.0532. The Balaban J connectivity index is 1.64. The van der Waals surface area contributed by atoms with Gasteiger partial charge in [-0.25, -0.2) is 17.2 Å². The Bertz CT molecular complexity index is 1080. The number of hydrogen-bond donors (Lipinski definition) is 1. The average Bonchev–Trinajstić information content (AvgIpc) is 2.74. The van der Waals surface area contributed by atoms with Crippen LogP contribution in [0.15, 0.2) is 42.5 Å². The quantitative estimate of drug-likeness (QED) is 0.732. The highest BCUT2D eigenvalue weighted by Crippen LogP contribution is 2.20. The fourth-order valence-corrected chi connectivity index (χ4v) is 4.46. The molecule has 2 aromatic rings. The first-order valence-corrected chi connectivity index (χ1v) is 11.5. The summed E-state index contributed by atoms with van der Waals surface area (Å²) in [6.45, 7) is 2.56. The second-order valence-electron chi connectivity index (χ2n) is 7.18. The highest BCUT2D eigenvalue weighted by atomic mass is 32.2. The van der Waals surface area contributed by atoms with Crippen molar-refractivity contribution in [3.05, 3.63) is 65.2 Å². The number of benzene rings is 2. The van der Waals surface area contributed by atoms with Gasteiger partial charge in [0.15, 0.2) is 0 Å². The molecule has 1 aliphatic rings. The van der Waals surface area contributed by atoms with Crippen molar-refractivity contribution < 1.29 is 26.8 Å². The van der Waals surface area contributed by atoms with E-state index in [4.69, 9.17) is 0 Å². The van der Waals surface area contributed by atoms with E-state index in [1.807, 2.05) is 0 Å². The van der Waals surface area contributed by atoms with Gasteiger partial charge in [0.2, 0.25) is 10.0 Å². The number of rotatable bonds is 6. The number of sulfonamides is 1. The maximum absolute atomic E-state index is 14.4. The Labute approximate surface area is 179 Å². The van der Waals surface area contributed by atoms with Gasteiger partial charge in [0, 0.05) is 31.7 Å². The molecular formula is C21H23F2N3O4S. The molecular weight excluding hydrogens is 428 g/mol. The Morgan fingerprint density at radius 3 is 2.13 bits per heavy atom. The van der Waals surface area contributed by atoms with E-state index in [0.717, 1.165) is 6.07 Å². The third-order valence-corrected chi connectivity index (χ3v) is 6.39. The van der Waals surface area contributed by atoms with Crippen molar-refractivity contribution >= 4 is 27.5 Å². The number of halogens is 2. The van der Waals surface area contributed by atoms with Crippen molar-refractivity contribution in [3.8, 4) is 0 Å². The highest BCUT2D eigenvalue weighted by molar-refractivity contribution is 7.92. The molecule has 1 heterocycles. The van der Waals surface area contributed by atoms with Crippen LogP contribution in [0.3, 0.4) is 0 Å². The monoisotopic (exact) mass is 451 g/mol. The normalized spacial score (nSPS) is 14.4. The fraction of sp³-hybridized carbons (Fsp3) is 0.333. The van der Waals surface area contributed by atoms with E-state index < -0.39 is 33.5 Å². The third-order valence-electron chi connectivity index (χ3n) is 4.91. The smallest absolute Gasteiger partial charge is 0.256 e. The van der Waals surface area contributed by atoms with Crippen LogP contribution in [0.25, 0.3) is 0 Å². The largest absolute Gasteiger partial charge is 0.335 e. The molecule has 0 spiro atoms. The lowest BCUT2D eigenvalue weighted by atomic mass is 10.1. The van der Waals surface area contributed by atoms with Gasteiger partial charge in [-0.15, -0.1) is 0 Å². The first-order valence-electron chi connectivity index (χ1n) is 9.85. The van der Waals surface area contributed by atoms with Gasteiger partial charge in [-0.3, -0.25) is 14.3 Å². The standard InChI is InChI=1S/C21H23F2N3O4S/c1-2-13-31(29,30)24-19-8-7-15(14-18(19)23)20(27)25-9-11-26(12-10-25)21(28)16-5-3-4-6-17(16)22/h3-8,14,24H,2,9-13H2,1H3. The van der Waals surface area contributed by atoms with E-state index in [2.05, 4.69) is 4.72 Å². The zero-order valence-corrected chi connectivity index (χ0v) is 17.8. The maximum Gasteiger partial charge on any atom is 0.256 e. The lowest BCUT2D eigenvalue weighted by Gasteiger charge is -2.35. The van der Waals surface area contributed by atoms with E-state index in [1.165, 1.54) is 40.1 Å². The lowest BCUT2D eigenvalue weighted by Crippen LogP contribution is -2.50. The molecule has 0 saturated carbocycles. The minimum Gasteiger partial charge on any atom is -0.335 e. The van der Waals surface area contributed by atoms with Crippen LogP contribution < -0.4 is 4.72 Å². The molecule has 7 nitrogen and oxygen atoms in total. The summed E-state index contributed by atoms with van der Waals surface area (Å²) in [4.78, 5) is 28.1. The number of nitrogens with zero attached hydrogens (tertiary/aromatic N) is 2. The predicted octanol–water partition coefficient (Wildman–Crippen LogP) is 2.71. The molecule has 10 heteroatoms. The zero-order valence-electron chi connectivity index (χ0n) is 17.0. The number of carbonyl (C=O) groups is 2. The Morgan fingerprint density at radius 2 is 1.55 bits per heavy atom. The molecule has 1 aliphatic heterocycles. The number of nitrogens with one attached hydrogen (secondary N) is 1. The zero-order chi connectivity index (χ0) is 22.6. The van der Waals surface area contributed by atoms with Crippen molar-refractivity contribution in [2.75, 3.05) is 36.7 Å². The summed E-state index contributed by atoms with van der Waals surface area (Å²) in [5.41, 5.74) is -0.166. The Kier molecular flexibility index (Phi) is 6.89. The molecule has 31 heavy (non-hydrogen) atoms. The van der Waals surface area contributed by atoms with Gasteiger partial charge in [0.25, 0.3) is 11.8 Å². The maximum atomic E-state index is 14.4. The van der Waals surface area contributed by atoms with Gasteiger partial charge in [-0.2, -0.15) is 0 Å². The molecule has 1 N–H and O–H groups in total. The van der Waals surface area contributed by atoms with Crippen molar-refractivity contribution in [3.63, 3.8) is 0 Å². The first-order chi connectivity index (χ1) is 14.7. The van der Waals surface area contributed by atoms with E-state index in [9.17, 15) is 26.8 Å². The molecule has 0 aliphatic carbocycles. The summed E-state index contributed by atoms with van der Waals surface area (Å²) in [5, 5.41) is 0. The van der Waals surface area contributed by atoms with E-state index >= 15 is 0 Å². The van der Waals surface area contributed by atoms with Crippen molar-refractivity contribution in [1.29, 1.82) is 0 Å². The van der Waals surface area contributed by atoms with Crippen LogP contribution in [-0.2, 0) is 10.0 Å². The van der Waals surface area contributed by atoms with Crippen LogP contribution in [0, 0.1) is 11.6 Å². The van der Waals surface area contributed by atoms with Crippen molar-refractivity contribution in [1.82, 2.24) is 9.80 Å². The van der Waals surface area contributed by atoms with Crippen LogP contribution in [-0.4, -0.2) is 62.0 Å². The summed E-state index contributed by atoms with van der Waals surface area (Å²) in [6.07, 6.45) is 0.388. The summed E-state index contributed by atoms with van der Waals surface area (Å²) >= 11 is 0. The van der Waals surface area contributed by atoms with Crippen LogP contribution in [0.2, 0.25) is 0 Å². The average molecular weight is 451 g/mol. The van der Waals surface area contributed by atoms with Crippen LogP contribution >= 0.6 is 0 Å². The van der Waals surface area contributed by atoms with Gasteiger partial charge in [0.05, 0.1) is 17.0 Å². The number of amides is 2. The van der Waals surface area contributed by atoms with Gasteiger partial charge < -0.3 is 9.80 Å². The summed E-state index contributed by atoms with van der Waals surface area (Å²) in [7, 11) is -3.65. The minimum atomic E-state index is -3.65. The van der Waals surface area contributed by atoms with Crippen LogP contribution in [0.5, 0.6) is 0 Å². The second-order valence-corrected chi connectivity index (χ2v) is 9.02. The summed E-state index contributed by atoms with van der Waals surface area (Å²) < 4.78 is 54.0. The van der Waals surface area contributed by atoms with Gasteiger partial charge >= 0.3 is 0 Å². The van der Waals surface area contributed by atoms with Crippen LogP contribution in [0.1, 0.15) is 34.1 Å². The van der Waals surface area contributed by atoms with Crippen LogP contribution in [0.4, 0.5) is 14.5 Å². The van der Waals surface area contributed by atoms with Gasteiger partial charge in [-0.05, 0) is 36.8 Å². The molecule has 1 saturated heterocycles. The molecule has 0 unspecified atom stereocenters. The number of hydrogen-bond acceptors (Lipinski definition) is 4. The molecule has 0 bridgehead atoms. The number of piperazine rings is 1. The Morgan fingerprint density at radius 1 is 0.935 bits per heavy atom. The SMILES string of the molecule is CCCS(=O)(=O)Nc1ccc(C(=O)N2CCN(C(=O)c3ccccc3F)CC2)cc1F.